The fourth-order valence-corrected chi connectivity index (χ4v) is 2.91. The van der Waals surface area contributed by atoms with Crippen molar-refractivity contribution in [2.24, 2.45) is 0 Å². The van der Waals surface area contributed by atoms with E-state index in [0.29, 0.717) is 0 Å². The molecule has 0 atom stereocenters. The van der Waals surface area contributed by atoms with Gasteiger partial charge in [-0.1, -0.05) is 0 Å². The van der Waals surface area contributed by atoms with E-state index in [1.165, 1.54) is 3.97 Å². The molecule has 0 aliphatic heterocycles. The average molecular weight is 264 g/mol. The normalized spacial score (nSPS) is 11.2. The maximum absolute atomic E-state index is 12.8. The van der Waals surface area contributed by atoms with Crippen molar-refractivity contribution in [3.8, 4) is 10.4 Å². The highest BCUT2D eigenvalue weighted by molar-refractivity contribution is 7.92. The molecule has 3 rings (SSSR count). The van der Waals surface area contributed by atoms with Gasteiger partial charge in [0, 0.05) is 17.8 Å². The van der Waals surface area contributed by atoms with Crippen molar-refractivity contribution in [1.82, 2.24) is 8.96 Å². The van der Waals surface area contributed by atoms with Crippen LogP contribution in [0, 0.1) is 6.92 Å². The van der Waals surface area contributed by atoms with E-state index in [0.717, 1.165) is 26.9 Å². The first kappa shape index (κ1) is 10.8. The zero-order valence-electron chi connectivity index (χ0n) is 9.05. The van der Waals surface area contributed by atoms with Gasteiger partial charge in [-0.2, -0.15) is 0 Å². The zero-order chi connectivity index (χ0) is 11.8. The first-order chi connectivity index (χ1) is 8.29. The predicted molar refractivity (Wildman–Crippen MR) is 71.9 cm³/mol. The monoisotopic (exact) mass is 264 g/mol. The van der Waals surface area contributed by atoms with Crippen LogP contribution in [-0.4, -0.2) is 8.96 Å². The molecule has 0 saturated heterocycles. The van der Waals surface area contributed by atoms with Crippen molar-refractivity contribution < 1.29 is 3.89 Å². The van der Waals surface area contributed by atoms with Crippen molar-refractivity contribution in [3.05, 3.63) is 41.7 Å². The largest absolute Gasteiger partial charge is 0.264 e. The summed E-state index contributed by atoms with van der Waals surface area (Å²) in [5.41, 5.74) is 4.95. The number of thiazole rings is 1. The number of hydrogen-bond acceptors (Lipinski definition) is 3. The third-order valence-electron chi connectivity index (χ3n) is 2.77. The lowest BCUT2D eigenvalue weighted by Gasteiger charge is -2.03. The summed E-state index contributed by atoms with van der Waals surface area (Å²) in [6, 6.07) is 6.05. The van der Waals surface area contributed by atoms with Crippen LogP contribution in [0.1, 0.15) is 5.56 Å². The van der Waals surface area contributed by atoms with Crippen molar-refractivity contribution in [2.45, 2.75) is 6.92 Å². The third kappa shape index (κ3) is 1.75. The molecule has 0 fully saturated rings. The van der Waals surface area contributed by atoms with Crippen LogP contribution >= 0.6 is 23.7 Å². The topological polar surface area (TPSA) is 17.8 Å². The minimum atomic E-state index is 0.224. The van der Waals surface area contributed by atoms with Crippen LogP contribution in [0.25, 0.3) is 21.3 Å². The molecule has 0 unspecified atom stereocenters. The van der Waals surface area contributed by atoms with E-state index in [-0.39, 0.29) is 12.3 Å². The summed E-state index contributed by atoms with van der Waals surface area (Å²) in [6.45, 7) is 2.04. The fourth-order valence-electron chi connectivity index (χ4n) is 1.96. The van der Waals surface area contributed by atoms with Gasteiger partial charge in [-0.05, 0) is 36.2 Å². The Kier molecular flexibility index (Phi) is 2.64. The molecule has 0 saturated carbocycles. The number of aryl methyl sites for hydroxylation is 1. The van der Waals surface area contributed by atoms with Crippen LogP contribution in [0.5, 0.6) is 0 Å². The van der Waals surface area contributed by atoms with Crippen LogP contribution < -0.4 is 0 Å². The van der Waals surface area contributed by atoms with Crippen LogP contribution in [0.2, 0.25) is 0 Å². The molecule has 86 valence electrons. The maximum atomic E-state index is 12.8. The Morgan fingerprint density at radius 3 is 3.00 bits per heavy atom. The summed E-state index contributed by atoms with van der Waals surface area (Å²) < 4.78 is 14.3. The van der Waals surface area contributed by atoms with Crippen LogP contribution in [0.3, 0.4) is 0 Å². The Hall–Kier alpha value is -1.33. The third-order valence-corrected chi connectivity index (χ3v) is 4.06. The molecule has 0 aliphatic carbocycles. The summed E-state index contributed by atoms with van der Waals surface area (Å²) in [6.07, 6.45) is 3.58. The molecule has 1 aromatic carbocycles. The van der Waals surface area contributed by atoms with E-state index in [2.05, 4.69) is 11.1 Å². The summed E-state index contributed by atoms with van der Waals surface area (Å²) >= 11 is 1.81. The van der Waals surface area contributed by atoms with E-state index >= 15 is 0 Å². The van der Waals surface area contributed by atoms with Crippen molar-refractivity contribution in [3.63, 3.8) is 0 Å². The number of rotatable bonds is 2. The molecule has 0 bridgehead atoms. The molecule has 0 aliphatic rings. The fraction of sp³-hybridized carbons (Fsp3) is 0.0833. The highest BCUT2D eigenvalue weighted by Gasteiger charge is 2.08. The first-order valence-corrected chi connectivity index (χ1v) is 6.64. The SMILES string of the molecule is Cc1cc(-c2cncs2)cc2c1ccn2SF. The highest BCUT2D eigenvalue weighted by Crippen LogP contribution is 2.31. The van der Waals surface area contributed by atoms with E-state index < -0.39 is 0 Å². The molecule has 0 N–H and O–H groups in total. The van der Waals surface area contributed by atoms with Crippen LogP contribution in [0.4, 0.5) is 3.89 Å². The smallest absolute Gasteiger partial charge is 0.169 e. The minimum Gasteiger partial charge on any atom is -0.264 e. The van der Waals surface area contributed by atoms with Crippen molar-refractivity contribution in [2.75, 3.05) is 0 Å². The van der Waals surface area contributed by atoms with Gasteiger partial charge in [0.15, 0.2) is 12.3 Å². The molecular weight excluding hydrogens is 255 g/mol. The standard InChI is InChI=1S/C12H9FN2S2/c1-8-4-9(12-6-14-7-16-12)5-11-10(8)2-3-15(11)17-13/h2-7H,1H3. The Labute approximate surface area is 107 Å². The second-order valence-electron chi connectivity index (χ2n) is 3.80. The van der Waals surface area contributed by atoms with Gasteiger partial charge < -0.3 is 0 Å². The number of nitrogens with zero attached hydrogens (tertiary/aromatic N) is 2. The summed E-state index contributed by atoms with van der Waals surface area (Å²) in [5, 5.41) is 1.09. The number of benzene rings is 1. The quantitative estimate of drug-likeness (QED) is 0.680. The van der Waals surface area contributed by atoms with Gasteiger partial charge in [-0.15, -0.1) is 15.2 Å². The molecule has 0 spiro atoms. The first-order valence-electron chi connectivity index (χ1n) is 5.09. The van der Waals surface area contributed by atoms with E-state index in [1.807, 2.05) is 25.3 Å². The Balaban J connectivity index is 2.28. The Bertz CT molecular complexity index is 659. The summed E-state index contributed by atoms with van der Waals surface area (Å²) in [7, 11) is 0. The average Bonchev–Trinajstić information content (AvgIpc) is 2.97. The molecule has 17 heavy (non-hydrogen) atoms. The van der Waals surface area contributed by atoms with Crippen molar-refractivity contribution >= 4 is 34.6 Å². The van der Waals surface area contributed by atoms with Gasteiger partial charge in [0.2, 0.25) is 0 Å². The number of fused-ring (bicyclic) bond motifs is 1. The minimum absolute atomic E-state index is 0.224. The van der Waals surface area contributed by atoms with Gasteiger partial charge in [-0.25, -0.2) is 0 Å². The van der Waals surface area contributed by atoms with Gasteiger partial charge in [0.1, 0.15) is 0 Å². The van der Waals surface area contributed by atoms with Crippen LogP contribution in [-0.2, 0) is 0 Å². The molecule has 3 aromatic rings. The van der Waals surface area contributed by atoms with Crippen molar-refractivity contribution in [1.29, 1.82) is 0 Å². The Morgan fingerprint density at radius 2 is 2.29 bits per heavy atom. The molecule has 2 heterocycles. The van der Waals surface area contributed by atoms with E-state index in [9.17, 15) is 3.89 Å². The van der Waals surface area contributed by atoms with Gasteiger partial charge in [0.05, 0.1) is 15.9 Å². The Morgan fingerprint density at radius 1 is 1.41 bits per heavy atom. The number of halogens is 1. The highest BCUT2D eigenvalue weighted by atomic mass is 32.2. The summed E-state index contributed by atoms with van der Waals surface area (Å²) in [5.74, 6) is 0. The zero-order valence-corrected chi connectivity index (χ0v) is 10.7. The predicted octanol–water partition coefficient (Wildman–Crippen LogP) is 4.45. The molecule has 2 nitrogen and oxygen atoms in total. The number of aromatic nitrogens is 2. The second kappa shape index (κ2) is 4.16. The maximum Gasteiger partial charge on any atom is 0.169 e. The lowest BCUT2D eigenvalue weighted by Crippen LogP contribution is -1.83. The molecule has 0 radical (unpaired) electrons. The molecule has 0 amide bonds. The number of hydrogen-bond donors (Lipinski definition) is 0. The molecular formula is C12H9FN2S2. The lowest BCUT2D eigenvalue weighted by molar-refractivity contribution is 0.921. The lowest BCUT2D eigenvalue weighted by atomic mass is 10.1. The second-order valence-corrected chi connectivity index (χ2v) is 5.22. The molecule has 5 heteroatoms. The van der Waals surface area contributed by atoms with Gasteiger partial charge >= 0.3 is 0 Å². The van der Waals surface area contributed by atoms with E-state index in [1.54, 1.807) is 23.0 Å². The van der Waals surface area contributed by atoms with Gasteiger partial charge in [-0.3, -0.25) is 8.96 Å². The van der Waals surface area contributed by atoms with Gasteiger partial charge in [0.25, 0.3) is 0 Å². The summed E-state index contributed by atoms with van der Waals surface area (Å²) in [4.78, 5) is 5.17. The van der Waals surface area contributed by atoms with Crippen LogP contribution in [0.15, 0.2) is 36.1 Å². The van der Waals surface area contributed by atoms with E-state index in [4.69, 9.17) is 0 Å². The molecule has 2 aromatic heterocycles.